The van der Waals surface area contributed by atoms with Crippen molar-refractivity contribution in [3.8, 4) is 0 Å². The summed E-state index contributed by atoms with van der Waals surface area (Å²) in [5, 5.41) is 9.24. The minimum absolute atomic E-state index is 0. The molecule has 0 radical (unpaired) electrons. The van der Waals surface area contributed by atoms with Gasteiger partial charge in [-0.15, -0.1) is 0 Å². The number of aliphatic hydroxyl groups is 1. The second kappa shape index (κ2) is 23.0. The normalized spacial score (nSPS) is 13.7. The van der Waals surface area contributed by atoms with E-state index in [0.29, 0.717) is 6.42 Å². The average Bonchev–Trinajstić information content (AvgIpc) is 2.67. The largest absolute Gasteiger partial charge is 1.00 e. The van der Waals surface area contributed by atoms with Crippen molar-refractivity contribution in [3.05, 3.63) is 0 Å². The molecule has 2 atom stereocenters. The van der Waals surface area contributed by atoms with Crippen LogP contribution in [0, 0.1) is 0 Å². The van der Waals surface area contributed by atoms with E-state index in [2.05, 4.69) is 6.92 Å². The molecule has 2 unspecified atom stereocenters. The number of hydrogen-bond donors (Lipinski definition) is 1. The van der Waals surface area contributed by atoms with Crippen molar-refractivity contribution in [1.82, 2.24) is 0 Å². The van der Waals surface area contributed by atoms with Gasteiger partial charge in [0.2, 0.25) is 0 Å². The Labute approximate surface area is 210 Å². The van der Waals surface area contributed by atoms with Gasteiger partial charge in [0.1, 0.15) is 0 Å². The number of rotatable bonds is 22. The second-order valence-electron chi connectivity index (χ2n) is 8.98. The van der Waals surface area contributed by atoms with Crippen LogP contribution in [0.15, 0.2) is 0 Å². The third-order valence-electron chi connectivity index (χ3n) is 6.03. The fourth-order valence-electron chi connectivity index (χ4n) is 3.85. The summed E-state index contributed by atoms with van der Waals surface area (Å²) >= 11 is 0. The van der Waals surface area contributed by atoms with Crippen LogP contribution in [0.2, 0.25) is 0 Å². The Morgan fingerprint density at radius 3 is 1.30 bits per heavy atom. The molecule has 6 heteroatoms. The number of unbranched alkanes of at least 4 members (excludes halogenated alkanes) is 15. The molecule has 0 aliphatic carbocycles. The van der Waals surface area contributed by atoms with Crippen molar-refractivity contribution in [1.29, 1.82) is 0 Å². The fourth-order valence-corrected chi connectivity index (χ4v) is 4.31. The Morgan fingerprint density at radius 1 is 0.633 bits per heavy atom. The minimum atomic E-state index is -4.14. The van der Waals surface area contributed by atoms with E-state index in [1.807, 2.05) is 0 Å². The van der Waals surface area contributed by atoms with Crippen LogP contribution in [-0.2, 0) is 10.1 Å². The van der Waals surface area contributed by atoms with Gasteiger partial charge in [-0.05, 0) is 26.2 Å². The summed E-state index contributed by atoms with van der Waals surface area (Å²) < 4.78 is 32.5. The summed E-state index contributed by atoms with van der Waals surface area (Å²) in [6, 6.07) is 0. The van der Waals surface area contributed by atoms with Crippen LogP contribution in [0.1, 0.15) is 142 Å². The molecule has 176 valence electrons. The summed E-state index contributed by atoms with van der Waals surface area (Å²) in [7, 11) is -4.14. The van der Waals surface area contributed by atoms with Gasteiger partial charge >= 0.3 is 29.6 Å². The zero-order valence-corrected chi connectivity index (χ0v) is 23.2. The van der Waals surface area contributed by atoms with Gasteiger partial charge in [0.05, 0.1) is 16.2 Å². The zero-order chi connectivity index (χ0) is 21.8. The molecule has 0 amide bonds. The van der Waals surface area contributed by atoms with E-state index in [-0.39, 0.29) is 35.7 Å². The molecular formula is C24H49NaO4S. The molecule has 1 N–H and O–H groups in total. The van der Waals surface area contributed by atoms with Crippen LogP contribution in [0.5, 0.6) is 0 Å². The van der Waals surface area contributed by atoms with Crippen LogP contribution in [0.4, 0.5) is 0 Å². The molecule has 0 aromatic carbocycles. The molecule has 4 nitrogen and oxygen atoms in total. The van der Waals surface area contributed by atoms with E-state index in [4.69, 9.17) is 0 Å². The molecule has 0 aliphatic heterocycles. The van der Waals surface area contributed by atoms with Gasteiger partial charge in [-0.2, -0.15) is 0 Å². The smallest absolute Gasteiger partial charge is 0.748 e. The van der Waals surface area contributed by atoms with Gasteiger partial charge < -0.3 is 9.66 Å². The maximum atomic E-state index is 10.8. The molecule has 0 aromatic heterocycles. The van der Waals surface area contributed by atoms with Crippen LogP contribution >= 0.6 is 0 Å². The standard InChI is InChI=1S/C24H50O4S.Na/c1-3-4-5-6-7-8-9-10-11-12-13-14-15-18-21-24(25)22-19-16-17-20-23(2)29(26,27)28;/h23-25H,3-22H2,1-2H3,(H,26,27,28);/q;+1/p-1. The van der Waals surface area contributed by atoms with Gasteiger partial charge in [0.15, 0.2) is 0 Å². The first-order valence-electron chi connectivity index (χ1n) is 12.5. The third-order valence-corrected chi connectivity index (χ3v) is 7.25. The Balaban J connectivity index is 0. The first-order chi connectivity index (χ1) is 13.9. The Hall–Kier alpha value is 0.870. The van der Waals surface area contributed by atoms with Crippen LogP contribution in [-0.4, -0.2) is 29.4 Å². The molecular weight excluding hydrogens is 407 g/mol. The average molecular weight is 457 g/mol. The van der Waals surface area contributed by atoms with Gasteiger partial charge in [-0.3, -0.25) is 0 Å². The fraction of sp³-hybridized carbons (Fsp3) is 1.00. The van der Waals surface area contributed by atoms with Gasteiger partial charge in [0, 0.05) is 5.25 Å². The van der Waals surface area contributed by atoms with Crippen molar-refractivity contribution in [2.75, 3.05) is 0 Å². The molecule has 0 spiro atoms. The van der Waals surface area contributed by atoms with E-state index in [1.54, 1.807) is 0 Å². The van der Waals surface area contributed by atoms with Crippen LogP contribution < -0.4 is 29.6 Å². The molecule has 0 rings (SSSR count). The Kier molecular flexibility index (Phi) is 25.4. The molecule has 0 saturated carbocycles. The van der Waals surface area contributed by atoms with Gasteiger partial charge in [0.25, 0.3) is 0 Å². The second-order valence-corrected chi connectivity index (χ2v) is 10.8. The van der Waals surface area contributed by atoms with Crippen LogP contribution in [0.25, 0.3) is 0 Å². The maximum Gasteiger partial charge on any atom is 1.00 e. The van der Waals surface area contributed by atoms with Gasteiger partial charge in [-0.1, -0.05) is 116 Å². The SMILES string of the molecule is CCCCCCCCCCCCCCCCC(O)CCCCCC(C)S(=O)(=O)[O-].[Na+]. The predicted molar refractivity (Wildman–Crippen MR) is 123 cm³/mol. The Morgan fingerprint density at radius 2 is 0.933 bits per heavy atom. The predicted octanol–water partition coefficient (Wildman–Crippen LogP) is 4.11. The molecule has 0 saturated heterocycles. The van der Waals surface area contributed by atoms with Crippen molar-refractivity contribution in [2.45, 2.75) is 154 Å². The van der Waals surface area contributed by atoms with E-state index in [9.17, 15) is 18.1 Å². The zero-order valence-electron chi connectivity index (χ0n) is 20.4. The first kappa shape index (κ1) is 33.0. The number of aliphatic hydroxyl groups excluding tert-OH is 1. The summed E-state index contributed by atoms with van der Waals surface area (Å²) in [5.41, 5.74) is 0. The molecule has 0 aromatic rings. The van der Waals surface area contributed by atoms with Crippen molar-refractivity contribution < 1.29 is 47.6 Å². The third kappa shape index (κ3) is 23.5. The van der Waals surface area contributed by atoms with Crippen molar-refractivity contribution in [3.63, 3.8) is 0 Å². The van der Waals surface area contributed by atoms with E-state index in [1.165, 1.54) is 90.4 Å². The maximum absolute atomic E-state index is 10.8. The van der Waals surface area contributed by atoms with Crippen molar-refractivity contribution in [2.24, 2.45) is 0 Å². The summed E-state index contributed by atoms with van der Waals surface area (Å²) in [5.74, 6) is 0. The van der Waals surface area contributed by atoms with E-state index < -0.39 is 15.4 Å². The van der Waals surface area contributed by atoms with E-state index in [0.717, 1.165) is 38.5 Å². The quantitative estimate of drug-likeness (QED) is 0.151. The molecule has 0 bridgehead atoms. The Bertz CT molecular complexity index is 442. The summed E-state index contributed by atoms with van der Waals surface area (Å²) in [4.78, 5) is 0. The molecule has 30 heavy (non-hydrogen) atoms. The summed E-state index contributed by atoms with van der Waals surface area (Å²) in [6.45, 7) is 3.75. The monoisotopic (exact) mass is 456 g/mol. The first-order valence-corrected chi connectivity index (χ1v) is 14.0. The summed E-state index contributed by atoms with van der Waals surface area (Å²) in [6.07, 6.45) is 23.3. The molecule has 0 aliphatic rings. The van der Waals surface area contributed by atoms with Gasteiger partial charge in [-0.25, -0.2) is 8.42 Å². The van der Waals surface area contributed by atoms with Crippen LogP contribution in [0.3, 0.4) is 0 Å². The molecule has 0 fully saturated rings. The van der Waals surface area contributed by atoms with Crippen molar-refractivity contribution >= 4 is 10.1 Å². The minimum Gasteiger partial charge on any atom is -0.748 e. The number of hydrogen-bond acceptors (Lipinski definition) is 4. The topological polar surface area (TPSA) is 77.4 Å². The molecule has 0 heterocycles. The van der Waals surface area contributed by atoms with E-state index >= 15 is 0 Å².